The van der Waals surface area contributed by atoms with Gasteiger partial charge in [-0.15, -0.1) is 0 Å². The van der Waals surface area contributed by atoms with Crippen LogP contribution in [-0.4, -0.2) is 17.7 Å². The van der Waals surface area contributed by atoms with E-state index in [4.69, 9.17) is 11.6 Å². The Labute approximate surface area is 92.6 Å². The van der Waals surface area contributed by atoms with Gasteiger partial charge in [0.2, 0.25) is 0 Å². The monoisotopic (exact) mass is 224 g/mol. The number of phenols is 1. The molecule has 0 saturated heterocycles. The number of ether oxygens (including phenoxy) is 1. The van der Waals surface area contributed by atoms with Gasteiger partial charge >= 0.3 is 5.97 Å². The summed E-state index contributed by atoms with van der Waals surface area (Å²) in [4.78, 5) is 10.9. The minimum absolute atomic E-state index is 0.00987. The van der Waals surface area contributed by atoms with E-state index in [0.717, 1.165) is 0 Å². The summed E-state index contributed by atoms with van der Waals surface area (Å²) in [6, 6.07) is 4.35. The molecule has 15 heavy (non-hydrogen) atoms. The maximum Gasteiger partial charge on any atom is 0.384 e. The standard InChI is InChI=1S/C11H9ClO3/c1-2-15-11(14)4-3-8-5-9(12)7-10(13)6-8/h5-7,13H,2H2,1H3. The third-order valence-corrected chi connectivity index (χ3v) is 1.69. The van der Waals surface area contributed by atoms with E-state index < -0.39 is 5.97 Å². The molecule has 0 heterocycles. The quantitative estimate of drug-likeness (QED) is 0.586. The molecule has 3 nitrogen and oxygen atoms in total. The fourth-order valence-electron chi connectivity index (χ4n) is 0.937. The average Bonchev–Trinajstić information content (AvgIpc) is 2.14. The van der Waals surface area contributed by atoms with Crippen LogP contribution in [0.3, 0.4) is 0 Å². The summed E-state index contributed by atoms with van der Waals surface area (Å²) in [6.07, 6.45) is 0. The van der Waals surface area contributed by atoms with Gasteiger partial charge in [0.15, 0.2) is 0 Å². The van der Waals surface area contributed by atoms with E-state index in [2.05, 4.69) is 16.6 Å². The fourth-order valence-corrected chi connectivity index (χ4v) is 1.17. The van der Waals surface area contributed by atoms with Crippen molar-refractivity contribution in [3.8, 4) is 17.6 Å². The van der Waals surface area contributed by atoms with Gasteiger partial charge in [-0.25, -0.2) is 4.79 Å². The van der Waals surface area contributed by atoms with Crippen LogP contribution in [0, 0.1) is 11.8 Å². The van der Waals surface area contributed by atoms with Gasteiger partial charge in [0.1, 0.15) is 5.75 Å². The Hall–Kier alpha value is -1.66. The highest BCUT2D eigenvalue weighted by Crippen LogP contribution is 2.18. The topological polar surface area (TPSA) is 46.5 Å². The summed E-state index contributed by atoms with van der Waals surface area (Å²) in [5.41, 5.74) is 0.466. The maximum absolute atomic E-state index is 10.9. The predicted octanol–water partition coefficient (Wildman–Crippen LogP) is 1.96. The van der Waals surface area contributed by atoms with Crippen LogP contribution in [0.25, 0.3) is 0 Å². The second-order valence-electron chi connectivity index (χ2n) is 2.67. The van der Waals surface area contributed by atoms with Crippen molar-refractivity contribution < 1.29 is 14.6 Å². The predicted molar refractivity (Wildman–Crippen MR) is 56.6 cm³/mol. The Morgan fingerprint density at radius 3 is 2.87 bits per heavy atom. The number of esters is 1. The number of carbonyl (C=O) groups excluding carboxylic acids is 1. The second-order valence-corrected chi connectivity index (χ2v) is 3.11. The lowest BCUT2D eigenvalue weighted by molar-refractivity contribution is -0.136. The first-order chi connectivity index (χ1) is 7.11. The first-order valence-corrected chi connectivity index (χ1v) is 4.68. The Morgan fingerprint density at radius 1 is 1.53 bits per heavy atom. The Bertz CT molecular complexity index is 409. The molecule has 0 unspecified atom stereocenters. The number of phenolic OH excluding ortho intramolecular Hbond substituents is 1. The summed E-state index contributed by atoms with van der Waals surface area (Å²) < 4.78 is 4.62. The number of benzene rings is 1. The number of hydrogen-bond acceptors (Lipinski definition) is 3. The number of hydrogen-bond donors (Lipinski definition) is 1. The van der Waals surface area contributed by atoms with Crippen molar-refractivity contribution in [2.75, 3.05) is 6.61 Å². The average molecular weight is 225 g/mol. The van der Waals surface area contributed by atoms with Crippen LogP contribution in [0.2, 0.25) is 5.02 Å². The molecule has 1 aromatic rings. The molecule has 0 aromatic heterocycles. The van der Waals surface area contributed by atoms with Gasteiger partial charge in [-0.05, 0) is 25.1 Å². The SMILES string of the molecule is CCOC(=O)C#Cc1cc(O)cc(Cl)c1. The van der Waals surface area contributed by atoms with Gasteiger partial charge in [-0.2, -0.15) is 0 Å². The van der Waals surface area contributed by atoms with Crippen molar-refractivity contribution >= 4 is 17.6 Å². The highest BCUT2D eigenvalue weighted by molar-refractivity contribution is 6.30. The first kappa shape index (κ1) is 11.4. The zero-order chi connectivity index (χ0) is 11.3. The largest absolute Gasteiger partial charge is 0.508 e. The Balaban J connectivity index is 2.84. The van der Waals surface area contributed by atoms with Crippen molar-refractivity contribution in [1.29, 1.82) is 0 Å². The van der Waals surface area contributed by atoms with E-state index in [1.54, 1.807) is 13.0 Å². The molecule has 0 aliphatic carbocycles. The summed E-state index contributed by atoms with van der Waals surface area (Å²) >= 11 is 5.68. The molecule has 0 aliphatic rings. The second kappa shape index (κ2) is 5.28. The molecule has 1 rings (SSSR count). The smallest absolute Gasteiger partial charge is 0.384 e. The fraction of sp³-hybridized carbons (Fsp3) is 0.182. The van der Waals surface area contributed by atoms with Gasteiger partial charge in [-0.1, -0.05) is 17.5 Å². The third kappa shape index (κ3) is 3.92. The molecule has 4 heteroatoms. The highest BCUT2D eigenvalue weighted by Gasteiger charge is 1.97. The van der Waals surface area contributed by atoms with Crippen LogP contribution in [0.15, 0.2) is 18.2 Å². The van der Waals surface area contributed by atoms with E-state index in [1.165, 1.54) is 12.1 Å². The molecule has 0 fully saturated rings. The van der Waals surface area contributed by atoms with Crippen LogP contribution in [0.5, 0.6) is 5.75 Å². The lowest BCUT2D eigenvalue weighted by Crippen LogP contribution is -1.99. The van der Waals surface area contributed by atoms with Crippen LogP contribution in [0.1, 0.15) is 12.5 Å². The van der Waals surface area contributed by atoms with Gasteiger partial charge in [-0.3, -0.25) is 0 Å². The van der Waals surface area contributed by atoms with Crippen molar-refractivity contribution in [2.24, 2.45) is 0 Å². The summed E-state index contributed by atoms with van der Waals surface area (Å²) in [5, 5.41) is 9.56. The highest BCUT2D eigenvalue weighted by atomic mass is 35.5. The zero-order valence-electron chi connectivity index (χ0n) is 8.08. The number of aromatic hydroxyl groups is 1. The molecule has 0 atom stereocenters. The molecule has 1 aromatic carbocycles. The van der Waals surface area contributed by atoms with Gasteiger partial charge in [0, 0.05) is 16.5 Å². The molecule has 0 radical (unpaired) electrons. The lowest BCUT2D eigenvalue weighted by Gasteiger charge is -1.95. The minimum Gasteiger partial charge on any atom is -0.508 e. The third-order valence-electron chi connectivity index (χ3n) is 1.47. The number of halogens is 1. The van der Waals surface area contributed by atoms with Crippen molar-refractivity contribution in [2.45, 2.75) is 6.92 Å². The summed E-state index contributed by atoms with van der Waals surface area (Å²) in [5.74, 6) is 4.23. The summed E-state index contributed by atoms with van der Waals surface area (Å²) in [6.45, 7) is 1.99. The van der Waals surface area contributed by atoms with Crippen LogP contribution in [-0.2, 0) is 9.53 Å². The van der Waals surface area contributed by atoms with E-state index in [0.29, 0.717) is 10.6 Å². The van der Waals surface area contributed by atoms with E-state index in [9.17, 15) is 9.90 Å². The van der Waals surface area contributed by atoms with E-state index in [-0.39, 0.29) is 12.4 Å². The Kier molecular flexibility index (Phi) is 4.02. The van der Waals surface area contributed by atoms with Crippen LogP contribution in [0.4, 0.5) is 0 Å². The molecular weight excluding hydrogens is 216 g/mol. The molecule has 0 aliphatic heterocycles. The van der Waals surface area contributed by atoms with Crippen molar-refractivity contribution in [3.63, 3.8) is 0 Å². The van der Waals surface area contributed by atoms with Crippen molar-refractivity contribution in [1.82, 2.24) is 0 Å². The van der Waals surface area contributed by atoms with Gasteiger partial charge in [0.25, 0.3) is 0 Å². The molecule has 0 saturated carbocycles. The van der Waals surface area contributed by atoms with E-state index >= 15 is 0 Å². The number of rotatable bonds is 1. The molecule has 78 valence electrons. The van der Waals surface area contributed by atoms with Crippen LogP contribution < -0.4 is 0 Å². The number of carbonyl (C=O) groups is 1. The molecule has 1 N–H and O–H groups in total. The summed E-state index contributed by atoms with van der Waals surface area (Å²) in [7, 11) is 0. The normalized spacial score (nSPS) is 8.93. The lowest BCUT2D eigenvalue weighted by atomic mass is 10.2. The molecular formula is C11H9ClO3. The van der Waals surface area contributed by atoms with Crippen molar-refractivity contribution in [3.05, 3.63) is 28.8 Å². The molecule has 0 bridgehead atoms. The zero-order valence-corrected chi connectivity index (χ0v) is 8.84. The Morgan fingerprint density at radius 2 is 2.27 bits per heavy atom. The molecule has 0 spiro atoms. The van der Waals surface area contributed by atoms with E-state index in [1.807, 2.05) is 0 Å². The first-order valence-electron chi connectivity index (χ1n) is 4.30. The van der Waals surface area contributed by atoms with Gasteiger partial charge < -0.3 is 9.84 Å². The van der Waals surface area contributed by atoms with Gasteiger partial charge in [0.05, 0.1) is 6.61 Å². The molecule has 0 amide bonds. The maximum atomic E-state index is 10.9. The minimum atomic E-state index is -0.600. The van der Waals surface area contributed by atoms with Crippen LogP contribution >= 0.6 is 11.6 Å².